The van der Waals surface area contributed by atoms with Crippen LogP contribution in [0.15, 0.2) is 182 Å². The average molecular weight is 1290 g/mol. The molecule has 14 nitrogen and oxygen atoms in total. The number of ether oxygens (including phenoxy) is 4. The molecule has 97 heavy (non-hydrogen) atoms. The number of fused-ring (bicyclic) bond motifs is 2. The van der Waals surface area contributed by atoms with Gasteiger partial charge in [0.25, 0.3) is 23.6 Å². The van der Waals surface area contributed by atoms with Crippen LogP contribution in [-0.2, 0) is 44.1 Å². The fourth-order valence-corrected chi connectivity index (χ4v) is 13.3. The van der Waals surface area contributed by atoms with Crippen LogP contribution in [0.1, 0.15) is 158 Å². The molecule has 11 aromatic rings. The average Bonchev–Trinajstić information content (AvgIpc) is 0.672. The minimum atomic E-state index is -1.69. The zero-order valence-electron chi connectivity index (χ0n) is 56.8. The fourth-order valence-electron chi connectivity index (χ4n) is 13.3. The normalized spacial score (nSPS) is 14.1. The summed E-state index contributed by atoms with van der Waals surface area (Å²) in [5, 5.41) is 24.2. The van der Waals surface area contributed by atoms with Gasteiger partial charge in [0.2, 0.25) is 0 Å². The molecular weight excluding hydrogens is 1220 g/mol. The number of carbonyl (C=O) groups is 6. The van der Waals surface area contributed by atoms with Gasteiger partial charge in [-0.15, -0.1) is 0 Å². The monoisotopic (exact) mass is 1290 g/mol. The molecule has 0 aromatic heterocycles. The second-order valence-corrected chi connectivity index (χ2v) is 29.2. The van der Waals surface area contributed by atoms with E-state index in [9.17, 15) is 19.8 Å². The van der Waals surface area contributed by atoms with Crippen LogP contribution < -0.4 is 18.9 Å². The van der Waals surface area contributed by atoms with Gasteiger partial charge in [-0.25, -0.2) is 9.59 Å². The van der Waals surface area contributed by atoms with Crippen LogP contribution in [0.4, 0.5) is 0 Å². The maximum atomic E-state index is 16.0. The van der Waals surface area contributed by atoms with Gasteiger partial charge in [0.15, 0.2) is 0 Å². The van der Waals surface area contributed by atoms with Gasteiger partial charge in [0.1, 0.15) is 58.1 Å². The Hall–Kier alpha value is -10.9. The lowest BCUT2D eigenvalue weighted by Gasteiger charge is -2.35. The third-order valence-corrected chi connectivity index (χ3v) is 18.5. The van der Waals surface area contributed by atoms with Crippen LogP contribution in [0.5, 0.6) is 46.0 Å². The molecule has 492 valence electrons. The summed E-state index contributed by atoms with van der Waals surface area (Å²) in [5.41, 5.74) is 3.78. The van der Waals surface area contributed by atoms with Crippen LogP contribution in [0.2, 0.25) is 0 Å². The predicted octanol–water partition coefficient (Wildman–Crippen LogP) is 19.1. The zero-order valence-corrected chi connectivity index (χ0v) is 56.8. The van der Waals surface area contributed by atoms with Gasteiger partial charge in [-0.1, -0.05) is 192 Å². The fraction of sp³-hybridized carbons (Fsp3) is 0.241. The molecule has 0 spiro atoms. The first-order valence-electron chi connectivity index (χ1n) is 32.2. The molecule has 11 aromatic carbocycles. The Morgan fingerprint density at radius 1 is 0.330 bits per heavy atom. The maximum absolute atomic E-state index is 16.0. The van der Waals surface area contributed by atoms with E-state index in [-0.39, 0.29) is 130 Å². The Balaban J connectivity index is 0.00000897. The van der Waals surface area contributed by atoms with E-state index in [1.807, 2.05) is 97.1 Å². The summed E-state index contributed by atoms with van der Waals surface area (Å²) in [6.07, 6.45) is -0.447. The lowest BCUT2D eigenvalue weighted by molar-refractivity contribution is -0.142. The highest BCUT2D eigenvalue weighted by Crippen LogP contribution is 2.58. The molecule has 2 heterocycles. The molecule has 0 fully saturated rings. The number of hydrogen-bond acceptors (Lipinski definition) is 10. The SMILES string of the molecule is CC(C)(C)c1ccc(Oc2cc3c4c(cc(Oc5ccc(C(C)(C)C)cc5)c5c6c(Oc7ccc(C(C)(C)C)cc7)cc7c8c(cc(Oc9ccc(C(C)(C)C)cc9)c(c2c45)c86)C(=O)N(C(Cc2ccccc2)C(=O)O)C7=O)C(=O)N(C(Cc2ccccc2)C(=O)O)C3=O)cc1.[CH3-]. The van der Waals surface area contributed by atoms with Crippen molar-refractivity contribution in [3.8, 4) is 46.0 Å². The van der Waals surface area contributed by atoms with Crippen molar-refractivity contribution in [2.45, 2.75) is 130 Å². The number of nitrogens with zero attached hydrogens (tertiary/aromatic N) is 2. The summed E-state index contributed by atoms with van der Waals surface area (Å²) in [5.74, 6) is -4.97. The maximum Gasteiger partial charge on any atom is 0.327 e. The van der Waals surface area contributed by atoms with Crippen LogP contribution in [-0.4, -0.2) is 67.7 Å². The number of amides is 4. The van der Waals surface area contributed by atoms with Crippen molar-refractivity contribution in [3.05, 3.63) is 245 Å². The first kappa shape index (κ1) is 66.2. The van der Waals surface area contributed by atoms with E-state index >= 15 is 19.2 Å². The van der Waals surface area contributed by atoms with Gasteiger partial charge in [0, 0.05) is 55.9 Å². The van der Waals surface area contributed by atoms with Gasteiger partial charge >= 0.3 is 11.9 Å². The molecular formula is C83H77N2O12-. The Labute approximate surface area is 564 Å². The Morgan fingerprint density at radius 2 is 0.546 bits per heavy atom. The summed E-state index contributed by atoms with van der Waals surface area (Å²) in [7, 11) is 0. The van der Waals surface area contributed by atoms with E-state index in [0.717, 1.165) is 32.1 Å². The molecule has 0 saturated carbocycles. The van der Waals surface area contributed by atoms with Crippen molar-refractivity contribution < 1.29 is 57.9 Å². The topological polar surface area (TPSA) is 186 Å². The Kier molecular flexibility index (Phi) is 16.7. The number of carboxylic acids is 2. The third kappa shape index (κ3) is 12.0. The molecule has 2 unspecified atom stereocenters. The van der Waals surface area contributed by atoms with Crippen molar-refractivity contribution in [2.75, 3.05) is 0 Å². The summed E-state index contributed by atoms with van der Waals surface area (Å²) >= 11 is 0. The molecule has 2 aliphatic heterocycles. The van der Waals surface area contributed by atoms with Crippen molar-refractivity contribution >= 4 is 78.7 Å². The van der Waals surface area contributed by atoms with Gasteiger partial charge in [-0.05, 0) is 128 Å². The molecule has 2 atom stereocenters. The molecule has 0 radical (unpaired) electrons. The van der Waals surface area contributed by atoms with Crippen LogP contribution >= 0.6 is 0 Å². The molecule has 4 amide bonds. The second kappa shape index (κ2) is 24.4. The molecule has 2 N–H and O–H groups in total. The van der Waals surface area contributed by atoms with E-state index in [1.165, 1.54) is 24.3 Å². The summed E-state index contributed by atoms with van der Waals surface area (Å²) < 4.78 is 28.9. The summed E-state index contributed by atoms with van der Waals surface area (Å²) in [4.78, 5) is 93.2. The number of hydrogen-bond donors (Lipinski definition) is 2. The van der Waals surface area contributed by atoms with Crippen LogP contribution in [0.25, 0.3) is 43.1 Å². The van der Waals surface area contributed by atoms with E-state index in [0.29, 0.717) is 34.1 Å². The zero-order chi connectivity index (χ0) is 68.2. The van der Waals surface area contributed by atoms with Crippen LogP contribution in [0, 0.1) is 7.43 Å². The van der Waals surface area contributed by atoms with Crippen molar-refractivity contribution in [1.82, 2.24) is 9.80 Å². The molecule has 13 rings (SSSR count). The smallest absolute Gasteiger partial charge is 0.327 e. The predicted molar refractivity (Wildman–Crippen MR) is 379 cm³/mol. The number of carbonyl (C=O) groups excluding carboxylic acids is 4. The second-order valence-electron chi connectivity index (χ2n) is 29.2. The molecule has 14 heteroatoms. The minimum Gasteiger partial charge on any atom is -0.480 e. The summed E-state index contributed by atoms with van der Waals surface area (Å²) in [6, 6.07) is 50.3. The molecule has 2 aliphatic rings. The third-order valence-electron chi connectivity index (χ3n) is 18.5. The Morgan fingerprint density at radius 3 is 0.742 bits per heavy atom. The van der Waals surface area contributed by atoms with Gasteiger partial charge < -0.3 is 36.6 Å². The van der Waals surface area contributed by atoms with Crippen molar-refractivity contribution in [1.29, 1.82) is 0 Å². The highest BCUT2D eigenvalue weighted by molar-refractivity contribution is 6.45. The van der Waals surface area contributed by atoms with E-state index in [4.69, 9.17) is 18.9 Å². The lowest BCUT2D eigenvalue weighted by atomic mass is 9.80. The molecule has 0 bridgehead atoms. The molecule has 0 saturated heterocycles. The highest BCUT2D eigenvalue weighted by atomic mass is 16.5. The first-order valence-corrected chi connectivity index (χ1v) is 32.2. The van der Waals surface area contributed by atoms with Gasteiger partial charge in [0.05, 0.1) is 22.3 Å². The van der Waals surface area contributed by atoms with E-state index in [1.54, 1.807) is 60.7 Å². The van der Waals surface area contributed by atoms with Crippen LogP contribution in [0.3, 0.4) is 0 Å². The van der Waals surface area contributed by atoms with E-state index in [2.05, 4.69) is 83.1 Å². The first-order chi connectivity index (χ1) is 45.4. The standard InChI is InChI=1S/C82H74N2O12.CH3/c1-79(2,3)47-23-31-51(32-24-47)93-61-41-55-65-56(74(86)83(73(55)85)59(77(89)90)39-45-19-15-13-16-20-45)43-63(95-53-35-27-49(28-36-53)81(7,8)9)69-70-64(96-54-37-29-50(30-38-54)82(10,11)12)44-58-66-57(75(87)84(76(58)88)60(78(91)92)40-46-21-17-14-18-22-46)42-62(68(72(66)70)67(61)71(65)69)94-52-33-25-48(26-34-52)80(4,5)6;/h13-38,41-44,59-60H,39-40H2,1-12H3,(H,89,90)(H,91,92);1H3/q;-1. The molecule has 0 aliphatic carbocycles. The van der Waals surface area contributed by atoms with Gasteiger partial charge in [-0.3, -0.25) is 29.0 Å². The highest BCUT2D eigenvalue weighted by Gasteiger charge is 2.46. The lowest BCUT2D eigenvalue weighted by Crippen LogP contribution is -2.51. The Bertz CT molecular complexity index is 4410. The van der Waals surface area contributed by atoms with E-state index < -0.39 is 47.7 Å². The number of carboxylic acid groups (broad SMARTS) is 2. The number of imide groups is 2. The van der Waals surface area contributed by atoms with Crippen molar-refractivity contribution in [3.63, 3.8) is 0 Å². The largest absolute Gasteiger partial charge is 0.480 e. The van der Waals surface area contributed by atoms with Crippen molar-refractivity contribution in [2.24, 2.45) is 0 Å². The number of rotatable bonds is 16. The quantitative estimate of drug-likeness (QED) is 0.0404. The van der Waals surface area contributed by atoms with Gasteiger partial charge in [-0.2, -0.15) is 0 Å². The number of benzene rings is 11. The number of aliphatic carboxylic acids is 2. The minimum absolute atomic E-state index is 0. The summed E-state index contributed by atoms with van der Waals surface area (Å²) in [6.45, 7) is 25.1.